The number of carbonyl (C=O) groups is 1. The minimum Gasteiger partial charge on any atom is -0.493 e. The number of rotatable bonds is 8. The summed E-state index contributed by atoms with van der Waals surface area (Å²) < 4.78 is 17.9. The monoisotopic (exact) mass is 434 g/mol. The van der Waals surface area contributed by atoms with E-state index in [4.69, 9.17) is 14.2 Å². The van der Waals surface area contributed by atoms with Crippen LogP contribution in [-0.2, 0) is 6.54 Å². The van der Waals surface area contributed by atoms with Crippen molar-refractivity contribution in [3.05, 3.63) is 42.1 Å². The minimum absolute atomic E-state index is 0. The second kappa shape index (κ2) is 10.2. The zero-order valence-electron chi connectivity index (χ0n) is 17.8. The summed E-state index contributed by atoms with van der Waals surface area (Å²) in [5, 5.41) is 8.32. The zero-order valence-corrected chi connectivity index (χ0v) is 18.6. The van der Waals surface area contributed by atoms with E-state index in [-0.39, 0.29) is 18.3 Å². The average molecular weight is 435 g/mol. The van der Waals surface area contributed by atoms with Gasteiger partial charge in [-0.05, 0) is 44.4 Å². The molecule has 0 fully saturated rings. The first-order valence-corrected chi connectivity index (χ1v) is 9.18. The van der Waals surface area contributed by atoms with E-state index in [1.54, 1.807) is 18.3 Å². The fourth-order valence-corrected chi connectivity index (χ4v) is 3.05. The van der Waals surface area contributed by atoms with Crippen molar-refractivity contribution in [3.8, 4) is 17.2 Å². The zero-order chi connectivity index (χ0) is 21.0. The number of anilines is 1. The van der Waals surface area contributed by atoms with Crippen LogP contribution in [0, 0.1) is 0 Å². The first kappa shape index (κ1) is 23.3. The molecule has 0 saturated heterocycles. The Balaban J connectivity index is 0.00000320. The largest absolute Gasteiger partial charge is 0.493 e. The van der Waals surface area contributed by atoms with E-state index in [2.05, 4.69) is 15.3 Å². The van der Waals surface area contributed by atoms with Crippen molar-refractivity contribution >= 4 is 34.9 Å². The molecule has 0 radical (unpaired) electrons. The standard InChI is InChI=1S/C21H26N4O4.ClH/c1-24(2)8-9-25-17-7-6-16(10-15(17)13-22-25)23-21(26)14-11-18(27-3)20(29-5)19(12-14)28-4;/h6-7,10-13H,8-9H2,1-5H3,(H,23,26);1H. The fourth-order valence-electron chi connectivity index (χ4n) is 3.05. The number of hydrogen-bond acceptors (Lipinski definition) is 6. The van der Waals surface area contributed by atoms with Crippen LogP contribution in [0.15, 0.2) is 36.5 Å². The number of amides is 1. The van der Waals surface area contributed by atoms with Crippen LogP contribution in [0.3, 0.4) is 0 Å². The highest BCUT2D eigenvalue weighted by Gasteiger charge is 2.17. The molecule has 3 rings (SSSR count). The van der Waals surface area contributed by atoms with E-state index < -0.39 is 0 Å². The quantitative estimate of drug-likeness (QED) is 0.586. The first-order valence-electron chi connectivity index (χ1n) is 9.18. The first-order chi connectivity index (χ1) is 14.0. The van der Waals surface area contributed by atoms with E-state index in [0.717, 1.165) is 24.0 Å². The van der Waals surface area contributed by atoms with Gasteiger partial charge in [0.25, 0.3) is 5.91 Å². The smallest absolute Gasteiger partial charge is 0.255 e. The van der Waals surface area contributed by atoms with Crippen molar-refractivity contribution < 1.29 is 19.0 Å². The summed E-state index contributed by atoms with van der Waals surface area (Å²) >= 11 is 0. The third-order valence-electron chi connectivity index (χ3n) is 4.59. The summed E-state index contributed by atoms with van der Waals surface area (Å²) in [6.07, 6.45) is 1.81. The summed E-state index contributed by atoms with van der Waals surface area (Å²) in [7, 11) is 8.61. The van der Waals surface area contributed by atoms with Gasteiger partial charge in [-0.25, -0.2) is 0 Å². The van der Waals surface area contributed by atoms with Gasteiger partial charge in [0.1, 0.15) is 0 Å². The van der Waals surface area contributed by atoms with Gasteiger partial charge in [-0.1, -0.05) is 0 Å². The van der Waals surface area contributed by atoms with E-state index in [0.29, 0.717) is 28.5 Å². The van der Waals surface area contributed by atoms with Crippen molar-refractivity contribution in [2.45, 2.75) is 6.54 Å². The summed E-state index contributed by atoms with van der Waals surface area (Å²) in [4.78, 5) is 14.9. The number of aromatic nitrogens is 2. The Morgan fingerprint density at radius 1 is 1.07 bits per heavy atom. The molecule has 0 aliphatic rings. The molecular formula is C21H27ClN4O4. The average Bonchev–Trinajstić information content (AvgIpc) is 3.13. The van der Waals surface area contributed by atoms with Crippen LogP contribution in [0.2, 0.25) is 0 Å². The molecule has 1 amide bonds. The number of halogens is 1. The predicted molar refractivity (Wildman–Crippen MR) is 120 cm³/mol. The molecule has 162 valence electrons. The molecule has 1 aromatic heterocycles. The second-order valence-corrected chi connectivity index (χ2v) is 6.81. The van der Waals surface area contributed by atoms with Crippen LogP contribution in [-0.4, -0.2) is 62.6 Å². The number of methoxy groups -OCH3 is 3. The van der Waals surface area contributed by atoms with Gasteiger partial charge in [-0.2, -0.15) is 5.10 Å². The predicted octanol–water partition coefficient (Wildman–Crippen LogP) is 3.30. The maximum atomic E-state index is 12.8. The lowest BCUT2D eigenvalue weighted by atomic mass is 10.1. The number of carbonyl (C=O) groups excluding carboxylic acids is 1. The maximum absolute atomic E-state index is 12.8. The number of ether oxygens (including phenoxy) is 3. The van der Waals surface area contributed by atoms with E-state index in [1.807, 2.05) is 37.0 Å². The molecule has 0 spiro atoms. The summed E-state index contributed by atoms with van der Waals surface area (Å²) in [6.45, 7) is 1.70. The third kappa shape index (κ3) is 4.95. The van der Waals surface area contributed by atoms with Crippen molar-refractivity contribution in [2.75, 3.05) is 47.3 Å². The molecule has 8 nitrogen and oxygen atoms in total. The number of fused-ring (bicyclic) bond motifs is 1. The van der Waals surface area contributed by atoms with Crippen LogP contribution in [0.5, 0.6) is 17.2 Å². The molecule has 0 aliphatic carbocycles. The van der Waals surface area contributed by atoms with Gasteiger partial charge < -0.3 is 24.4 Å². The summed E-state index contributed by atoms with van der Waals surface area (Å²) in [5.74, 6) is 1.02. The van der Waals surface area contributed by atoms with E-state index in [1.165, 1.54) is 21.3 Å². The molecule has 0 aliphatic heterocycles. The molecule has 1 heterocycles. The Bertz CT molecular complexity index is 994. The highest BCUT2D eigenvalue weighted by molar-refractivity contribution is 6.05. The Kier molecular flexibility index (Phi) is 7.91. The van der Waals surface area contributed by atoms with Crippen LogP contribution in [0.4, 0.5) is 5.69 Å². The molecule has 9 heteroatoms. The van der Waals surface area contributed by atoms with Gasteiger partial charge in [-0.15, -0.1) is 12.4 Å². The lowest BCUT2D eigenvalue weighted by Crippen LogP contribution is -2.18. The van der Waals surface area contributed by atoms with Crippen molar-refractivity contribution in [1.29, 1.82) is 0 Å². The molecule has 0 saturated carbocycles. The molecule has 0 atom stereocenters. The number of benzene rings is 2. The third-order valence-corrected chi connectivity index (χ3v) is 4.59. The van der Waals surface area contributed by atoms with Crippen LogP contribution in [0.25, 0.3) is 10.9 Å². The van der Waals surface area contributed by atoms with Crippen molar-refractivity contribution in [1.82, 2.24) is 14.7 Å². The van der Waals surface area contributed by atoms with Gasteiger partial charge in [-0.3, -0.25) is 9.48 Å². The molecule has 30 heavy (non-hydrogen) atoms. The Labute approximate surface area is 182 Å². The van der Waals surface area contributed by atoms with Crippen LogP contribution < -0.4 is 19.5 Å². The van der Waals surface area contributed by atoms with E-state index in [9.17, 15) is 4.79 Å². The highest BCUT2D eigenvalue weighted by atomic mass is 35.5. The Morgan fingerprint density at radius 3 is 2.30 bits per heavy atom. The van der Waals surface area contributed by atoms with Gasteiger partial charge in [0.15, 0.2) is 11.5 Å². The Morgan fingerprint density at radius 2 is 1.73 bits per heavy atom. The van der Waals surface area contributed by atoms with Gasteiger partial charge >= 0.3 is 0 Å². The van der Waals surface area contributed by atoms with Crippen LogP contribution >= 0.6 is 12.4 Å². The molecule has 2 aromatic carbocycles. The minimum atomic E-state index is -0.274. The maximum Gasteiger partial charge on any atom is 0.255 e. The van der Waals surface area contributed by atoms with Crippen LogP contribution in [0.1, 0.15) is 10.4 Å². The molecule has 0 unspecified atom stereocenters. The number of nitrogens with zero attached hydrogens (tertiary/aromatic N) is 3. The number of nitrogens with one attached hydrogen (secondary N) is 1. The second-order valence-electron chi connectivity index (χ2n) is 6.81. The van der Waals surface area contributed by atoms with Crippen molar-refractivity contribution in [2.24, 2.45) is 0 Å². The molecule has 1 N–H and O–H groups in total. The van der Waals surface area contributed by atoms with Gasteiger partial charge in [0.2, 0.25) is 5.75 Å². The molecule has 0 bridgehead atoms. The molecular weight excluding hydrogens is 408 g/mol. The van der Waals surface area contributed by atoms with E-state index >= 15 is 0 Å². The number of hydrogen-bond donors (Lipinski definition) is 1. The lowest BCUT2D eigenvalue weighted by molar-refractivity contribution is 0.102. The normalized spacial score (nSPS) is 10.6. The fraction of sp³-hybridized carbons (Fsp3) is 0.333. The van der Waals surface area contributed by atoms with Gasteiger partial charge in [0, 0.05) is 23.2 Å². The summed E-state index contributed by atoms with van der Waals surface area (Å²) in [6, 6.07) is 8.97. The van der Waals surface area contributed by atoms with Crippen molar-refractivity contribution in [3.63, 3.8) is 0 Å². The Hall–Kier alpha value is -2.97. The van der Waals surface area contributed by atoms with Gasteiger partial charge in [0.05, 0.1) is 39.6 Å². The SMILES string of the molecule is COc1cc(C(=O)Nc2ccc3c(cnn3CCN(C)C)c2)cc(OC)c1OC.Cl. The highest BCUT2D eigenvalue weighted by Crippen LogP contribution is 2.38. The molecule has 3 aromatic rings. The topological polar surface area (TPSA) is 77.9 Å². The lowest BCUT2D eigenvalue weighted by Gasteiger charge is -2.14. The summed E-state index contributed by atoms with van der Waals surface area (Å²) in [5.41, 5.74) is 2.11. The number of likely N-dealkylation sites (N-methyl/N-ethyl adjacent to an activating group) is 1.